The lowest BCUT2D eigenvalue weighted by atomic mass is 10.2. The fourth-order valence-corrected chi connectivity index (χ4v) is 1.46. The smallest absolute Gasteiger partial charge is 0.404 e. The molecule has 84 valence electrons. The summed E-state index contributed by atoms with van der Waals surface area (Å²) in [4.78, 5) is 0. The minimum absolute atomic E-state index is 0.164. The van der Waals surface area contributed by atoms with Crippen molar-refractivity contribution in [3.05, 3.63) is 22.2 Å². The Morgan fingerprint density at radius 1 is 1.40 bits per heavy atom. The molecule has 3 N–H and O–H groups in total. The zero-order valence-corrected chi connectivity index (χ0v) is 8.89. The van der Waals surface area contributed by atoms with Crippen molar-refractivity contribution in [1.82, 2.24) is 0 Å². The van der Waals surface area contributed by atoms with Crippen LogP contribution in [0.15, 0.2) is 16.6 Å². The Kier molecular flexibility index (Phi) is 3.46. The van der Waals surface area contributed by atoms with E-state index in [2.05, 4.69) is 20.7 Å². The second-order valence-corrected chi connectivity index (χ2v) is 3.50. The van der Waals surface area contributed by atoms with Crippen molar-refractivity contribution in [1.29, 1.82) is 0 Å². The van der Waals surface area contributed by atoms with Crippen LogP contribution in [0.2, 0.25) is 0 Å². The predicted octanol–water partition coefficient (Wildman–Crippen LogP) is 2.42. The zero-order chi connectivity index (χ0) is 11.6. The number of aliphatic hydroxyl groups excluding tert-OH is 1. The van der Waals surface area contributed by atoms with Gasteiger partial charge in [-0.25, -0.2) is 0 Å². The first-order chi connectivity index (χ1) is 6.85. The van der Waals surface area contributed by atoms with Crippen molar-refractivity contribution in [2.75, 3.05) is 5.73 Å². The Balaban J connectivity index is 3.11. The molecule has 0 radical (unpaired) electrons. The van der Waals surface area contributed by atoms with Gasteiger partial charge in [-0.2, -0.15) is 0 Å². The molecule has 0 aromatic heterocycles. The summed E-state index contributed by atoms with van der Waals surface area (Å²) in [6, 6.07) is 2.40. The maximum absolute atomic E-state index is 11.9. The largest absolute Gasteiger partial charge is 0.573 e. The molecule has 0 aliphatic heterocycles. The normalized spacial score (nSPS) is 11.5. The fraction of sp³-hybridized carbons (Fsp3) is 0.250. The van der Waals surface area contributed by atoms with Gasteiger partial charge in [0.25, 0.3) is 0 Å². The van der Waals surface area contributed by atoms with Gasteiger partial charge in [0.2, 0.25) is 0 Å². The molecule has 0 saturated heterocycles. The highest BCUT2D eigenvalue weighted by molar-refractivity contribution is 9.10. The van der Waals surface area contributed by atoms with Crippen molar-refractivity contribution < 1.29 is 23.0 Å². The number of halogens is 4. The van der Waals surface area contributed by atoms with E-state index >= 15 is 0 Å². The maximum atomic E-state index is 11.9. The van der Waals surface area contributed by atoms with Crippen molar-refractivity contribution in [3.63, 3.8) is 0 Å². The second kappa shape index (κ2) is 4.28. The Morgan fingerprint density at radius 2 is 2.00 bits per heavy atom. The Labute approximate surface area is 91.8 Å². The summed E-state index contributed by atoms with van der Waals surface area (Å²) in [7, 11) is 0. The van der Waals surface area contributed by atoms with Crippen LogP contribution in [0.5, 0.6) is 5.75 Å². The van der Waals surface area contributed by atoms with Crippen molar-refractivity contribution in [2.24, 2.45) is 0 Å². The third-order valence-electron chi connectivity index (χ3n) is 1.64. The van der Waals surface area contributed by atoms with Gasteiger partial charge in [-0.1, -0.05) is 15.9 Å². The van der Waals surface area contributed by atoms with Gasteiger partial charge >= 0.3 is 6.36 Å². The summed E-state index contributed by atoms with van der Waals surface area (Å²) in [5, 5.41) is 8.88. The lowest BCUT2D eigenvalue weighted by Crippen LogP contribution is -2.18. The van der Waals surface area contributed by atoms with Crippen LogP contribution in [-0.2, 0) is 6.61 Å². The monoisotopic (exact) mass is 285 g/mol. The number of anilines is 1. The number of nitrogen functional groups attached to an aromatic ring is 1. The molecular weight excluding hydrogens is 279 g/mol. The molecular formula is C8H7BrF3NO2. The van der Waals surface area contributed by atoms with Gasteiger partial charge in [0.15, 0.2) is 5.75 Å². The van der Waals surface area contributed by atoms with Crippen LogP contribution in [0.4, 0.5) is 18.9 Å². The van der Waals surface area contributed by atoms with Gasteiger partial charge in [0.05, 0.1) is 12.3 Å². The molecule has 7 heteroatoms. The molecule has 0 amide bonds. The van der Waals surface area contributed by atoms with Crippen molar-refractivity contribution in [2.45, 2.75) is 13.0 Å². The molecule has 0 atom stereocenters. The molecule has 0 aliphatic rings. The highest BCUT2D eigenvalue weighted by Crippen LogP contribution is 2.34. The number of nitrogens with two attached hydrogens (primary N) is 1. The predicted molar refractivity (Wildman–Crippen MR) is 51.2 cm³/mol. The highest BCUT2D eigenvalue weighted by Gasteiger charge is 2.32. The quantitative estimate of drug-likeness (QED) is 0.821. The number of benzene rings is 1. The minimum atomic E-state index is -4.80. The first-order valence-corrected chi connectivity index (χ1v) is 4.58. The van der Waals surface area contributed by atoms with Gasteiger partial charge in [0, 0.05) is 10.0 Å². The van der Waals surface area contributed by atoms with Crippen LogP contribution in [0.25, 0.3) is 0 Å². The summed E-state index contributed by atoms with van der Waals surface area (Å²) in [6.45, 7) is -0.471. The summed E-state index contributed by atoms with van der Waals surface area (Å²) in [5.41, 5.74) is 5.32. The number of rotatable bonds is 2. The maximum Gasteiger partial charge on any atom is 0.573 e. The summed E-state index contributed by atoms with van der Waals surface area (Å²) in [5.74, 6) is -0.519. The van der Waals surface area contributed by atoms with Crippen LogP contribution in [0.3, 0.4) is 0 Å². The second-order valence-electron chi connectivity index (χ2n) is 2.64. The van der Waals surface area contributed by atoms with Crippen LogP contribution in [0.1, 0.15) is 5.56 Å². The molecule has 0 aliphatic carbocycles. The van der Waals surface area contributed by atoms with E-state index in [0.29, 0.717) is 4.47 Å². The minimum Gasteiger partial charge on any atom is -0.404 e. The van der Waals surface area contributed by atoms with Crippen LogP contribution in [0, 0.1) is 0 Å². The van der Waals surface area contributed by atoms with Crippen LogP contribution in [-0.4, -0.2) is 11.5 Å². The number of ether oxygens (including phenoxy) is 1. The van der Waals surface area contributed by atoms with Crippen LogP contribution < -0.4 is 10.5 Å². The van der Waals surface area contributed by atoms with E-state index in [0.717, 1.165) is 6.07 Å². The Hall–Kier alpha value is -0.950. The number of aliphatic hydroxyl groups is 1. The summed E-state index contributed by atoms with van der Waals surface area (Å²) < 4.78 is 39.8. The first kappa shape index (κ1) is 12.1. The first-order valence-electron chi connectivity index (χ1n) is 3.78. The number of hydrogen-bond donors (Lipinski definition) is 2. The van der Waals surface area contributed by atoms with Gasteiger partial charge in [0.1, 0.15) is 0 Å². The Bertz CT molecular complexity index is 368. The molecule has 0 fully saturated rings. The third-order valence-corrected chi connectivity index (χ3v) is 2.39. The standard InChI is InChI=1S/C8H7BrF3NO2/c9-5-1-2-6(15-8(10,11)12)7(13)4(5)3-14/h1-2,14H,3,13H2. The fourth-order valence-electron chi connectivity index (χ4n) is 0.991. The van der Waals surface area contributed by atoms with Crippen molar-refractivity contribution >= 4 is 21.6 Å². The molecule has 0 unspecified atom stereocenters. The molecule has 1 aromatic rings. The van der Waals surface area contributed by atoms with Crippen LogP contribution >= 0.6 is 15.9 Å². The average Bonchev–Trinajstić information content (AvgIpc) is 2.09. The number of hydrogen-bond acceptors (Lipinski definition) is 3. The molecule has 0 saturated carbocycles. The molecule has 1 rings (SSSR count). The SMILES string of the molecule is Nc1c(OC(F)(F)F)ccc(Br)c1CO. The summed E-state index contributed by atoms with van der Waals surface area (Å²) in [6.07, 6.45) is -4.80. The van der Waals surface area contributed by atoms with Gasteiger partial charge in [-0.05, 0) is 12.1 Å². The van der Waals surface area contributed by atoms with E-state index in [4.69, 9.17) is 10.8 Å². The van der Waals surface area contributed by atoms with Gasteiger partial charge in [-0.3, -0.25) is 0 Å². The molecule has 0 heterocycles. The van der Waals surface area contributed by atoms with Gasteiger partial charge in [-0.15, -0.1) is 13.2 Å². The van der Waals surface area contributed by atoms with E-state index in [9.17, 15) is 13.2 Å². The third kappa shape index (κ3) is 3.00. The number of alkyl halides is 3. The highest BCUT2D eigenvalue weighted by atomic mass is 79.9. The van der Waals surface area contributed by atoms with E-state index in [1.807, 2.05) is 0 Å². The summed E-state index contributed by atoms with van der Waals surface area (Å²) >= 11 is 3.04. The molecule has 0 spiro atoms. The molecule has 0 bridgehead atoms. The molecule has 1 aromatic carbocycles. The average molecular weight is 286 g/mol. The van der Waals surface area contributed by atoms with Crippen molar-refractivity contribution in [3.8, 4) is 5.75 Å². The van der Waals surface area contributed by atoms with E-state index in [1.165, 1.54) is 6.07 Å². The van der Waals surface area contributed by atoms with Gasteiger partial charge < -0.3 is 15.6 Å². The lowest BCUT2D eigenvalue weighted by Gasteiger charge is -2.13. The molecule has 3 nitrogen and oxygen atoms in total. The van der Waals surface area contributed by atoms with E-state index in [-0.39, 0.29) is 11.3 Å². The van der Waals surface area contributed by atoms with E-state index in [1.54, 1.807) is 0 Å². The lowest BCUT2D eigenvalue weighted by molar-refractivity contribution is -0.274. The zero-order valence-electron chi connectivity index (χ0n) is 7.31. The molecule has 15 heavy (non-hydrogen) atoms. The Morgan fingerprint density at radius 3 is 2.47 bits per heavy atom. The van der Waals surface area contributed by atoms with E-state index < -0.39 is 18.7 Å². The topological polar surface area (TPSA) is 55.5 Å².